The third-order valence-corrected chi connectivity index (χ3v) is 4.27. The molecule has 0 saturated carbocycles. The molecule has 1 amide bonds. The van der Waals surface area contributed by atoms with E-state index in [-0.39, 0.29) is 0 Å². The van der Waals surface area contributed by atoms with Crippen LogP contribution in [0.25, 0.3) is 22.2 Å². The van der Waals surface area contributed by atoms with Crippen LogP contribution < -0.4 is 10.6 Å². The standard InChI is InChI=1S/C19H27N7O2/c1-7-8-9-20-13-12-15(24-17-14(13)23-11(2)26(17)6)21-10-22-16(12)25-18(27)28-19(3,4)5/h10H,7-9H2,1-6H3,(H2,20,21,22,24,25,27). The summed E-state index contributed by atoms with van der Waals surface area (Å²) in [4.78, 5) is 30.2. The summed E-state index contributed by atoms with van der Waals surface area (Å²) in [5.74, 6) is 1.18. The molecule has 9 nitrogen and oxygen atoms in total. The number of hydrogen-bond acceptors (Lipinski definition) is 7. The predicted octanol–water partition coefficient (Wildman–Crippen LogP) is 3.78. The van der Waals surface area contributed by atoms with Gasteiger partial charge in [-0.15, -0.1) is 0 Å². The Labute approximate surface area is 163 Å². The molecule has 0 radical (unpaired) electrons. The van der Waals surface area contributed by atoms with Gasteiger partial charge in [-0.05, 0) is 34.1 Å². The molecule has 3 aromatic rings. The van der Waals surface area contributed by atoms with E-state index >= 15 is 0 Å². The molecule has 150 valence electrons. The van der Waals surface area contributed by atoms with Gasteiger partial charge in [0.1, 0.15) is 29.1 Å². The fourth-order valence-corrected chi connectivity index (χ4v) is 2.86. The Balaban J connectivity index is 2.16. The number of nitrogens with zero attached hydrogens (tertiary/aromatic N) is 5. The van der Waals surface area contributed by atoms with E-state index in [0.717, 1.165) is 42.1 Å². The van der Waals surface area contributed by atoms with Crippen LogP contribution in [0.4, 0.5) is 16.3 Å². The fraction of sp³-hybridized carbons (Fsp3) is 0.526. The summed E-state index contributed by atoms with van der Waals surface area (Å²) in [6.45, 7) is 10.2. The topological polar surface area (TPSA) is 107 Å². The molecule has 2 N–H and O–H groups in total. The minimum Gasteiger partial charge on any atom is -0.444 e. The van der Waals surface area contributed by atoms with Crippen LogP contribution >= 0.6 is 0 Å². The number of ether oxygens (including phenoxy) is 1. The normalized spacial score (nSPS) is 11.8. The summed E-state index contributed by atoms with van der Waals surface area (Å²) < 4.78 is 7.29. The highest BCUT2D eigenvalue weighted by Gasteiger charge is 2.22. The lowest BCUT2D eigenvalue weighted by atomic mass is 10.2. The van der Waals surface area contributed by atoms with Crippen LogP contribution in [0.3, 0.4) is 0 Å². The quantitative estimate of drug-likeness (QED) is 0.644. The van der Waals surface area contributed by atoms with Gasteiger partial charge in [0.15, 0.2) is 11.3 Å². The molecule has 0 fully saturated rings. The van der Waals surface area contributed by atoms with Crippen LogP contribution in [-0.4, -0.2) is 42.7 Å². The lowest BCUT2D eigenvalue weighted by molar-refractivity contribution is 0.0635. The number of carbonyl (C=O) groups excluding carboxylic acids is 1. The van der Waals surface area contributed by atoms with Gasteiger partial charge in [-0.25, -0.2) is 24.7 Å². The molecule has 0 bridgehead atoms. The van der Waals surface area contributed by atoms with Gasteiger partial charge in [-0.3, -0.25) is 5.32 Å². The lowest BCUT2D eigenvalue weighted by Crippen LogP contribution is -2.27. The van der Waals surface area contributed by atoms with Gasteiger partial charge < -0.3 is 14.6 Å². The lowest BCUT2D eigenvalue weighted by Gasteiger charge is -2.20. The van der Waals surface area contributed by atoms with E-state index in [9.17, 15) is 4.79 Å². The van der Waals surface area contributed by atoms with E-state index in [1.165, 1.54) is 6.33 Å². The second kappa shape index (κ2) is 7.57. The van der Waals surface area contributed by atoms with Gasteiger partial charge in [0.05, 0.1) is 11.1 Å². The molecule has 0 aromatic carbocycles. The van der Waals surface area contributed by atoms with Crippen molar-refractivity contribution in [1.29, 1.82) is 0 Å². The number of aryl methyl sites for hydroxylation is 2. The average molecular weight is 385 g/mol. The van der Waals surface area contributed by atoms with Crippen LogP contribution in [-0.2, 0) is 11.8 Å². The number of imidazole rings is 1. The van der Waals surface area contributed by atoms with Crippen molar-refractivity contribution in [2.75, 3.05) is 17.2 Å². The molecule has 3 aromatic heterocycles. The summed E-state index contributed by atoms with van der Waals surface area (Å²) >= 11 is 0. The number of unbranched alkanes of at least 4 members (excludes halogenated alkanes) is 1. The number of rotatable bonds is 5. The van der Waals surface area contributed by atoms with Crippen molar-refractivity contribution in [2.24, 2.45) is 7.05 Å². The molecule has 0 spiro atoms. The number of nitrogens with one attached hydrogen (secondary N) is 2. The smallest absolute Gasteiger partial charge is 0.413 e. The van der Waals surface area contributed by atoms with Crippen molar-refractivity contribution in [3.05, 3.63) is 12.2 Å². The van der Waals surface area contributed by atoms with E-state index in [1.54, 1.807) is 0 Å². The van der Waals surface area contributed by atoms with Crippen molar-refractivity contribution in [3.8, 4) is 0 Å². The number of hydrogen-bond donors (Lipinski definition) is 2. The number of pyridine rings is 1. The number of aromatic nitrogens is 5. The zero-order chi connectivity index (χ0) is 20.5. The summed E-state index contributed by atoms with van der Waals surface area (Å²) in [5, 5.41) is 6.80. The molecule has 0 saturated heterocycles. The zero-order valence-electron chi connectivity index (χ0n) is 17.3. The maximum Gasteiger partial charge on any atom is 0.413 e. The highest BCUT2D eigenvalue weighted by atomic mass is 16.6. The van der Waals surface area contributed by atoms with E-state index < -0.39 is 11.7 Å². The molecular weight excluding hydrogens is 358 g/mol. The molecule has 0 aliphatic heterocycles. The van der Waals surface area contributed by atoms with Gasteiger partial charge in [0, 0.05) is 13.6 Å². The molecule has 0 unspecified atom stereocenters. The number of anilines is 2. The second-order valence-electron chi connectivity index (χ2n) is 7.71. The van der Waals surface area contributed by atoms with E-state index in [1.807, 2.05) is 39.3 Å². The average Bonchev–Trinajstić information content (AvgIpc) is 2.88. The minimum atomic E-state index is -0.612. The van der Waals surface area contributed by atoms with Crippen LogP contribution in [0.1, 0.15) is 46.4 Å². The third kappa shape index (κ3) is 3.97. The molecule has 9 heteroatoms. The van der Waals surface area contributed by atoms with Gasteiger partial charge in [0.25, 0.3) is 0 Å². The highest BCUT2D eigenvalue weighted by Crippen LogP contribution is 2.33. The van der Waals surface area contributed by atoms with E-state index in [4.69, 9.17) is 4.74 Å². The van der Waals surface area contributed by atoms with Crippen molar-refractivity contribution >= 4 is 39.8 Å². The van der Waals surface area contributed by atoms with Gasteiger partial charge in [0.2, 0.25) is 0 Å². The summed E-state index contributed by atoms with van der Waals surface area (Å²) in [7, 11) is 1.92. The Morgan fingerprint density at radius 2 is 2.00 bits per heavy atom. The van der Waals surface area contributed by atoms with Gasteiger partial charge in [-0.1, -0.05) is 13.3 Å². The first kappa shape index (κ1) is 19.8. The Morgan fingerprint density at radius 3 is 2.68 bits per heavy atom. The van der Waals surface area contributed by atoms with Crippen LogP contribution in [0.2, 0.25) is 0 Å². The first-order valence-electron chi connectivity index (χ1n) is 9.43. The Bertz CT molecular complexity index is 1020. The van der Waals surface area contributed by atoms with Crippen LogP contribution in [0.5, 0.6) is 0 Å². The summed E-state index contributed by atoms with van der Waals surface area (Å²) in [5.41, 5.74) is 2.09. The largest absolute Gasteiger partial charge is 0.444 e. The second-order valence-corrected chi connectivity index (χ2v) is 7.71. The molecular formula is C19H27N7O2. The SMILES string of the molecule is CCCCNc1c2nc(C)n(C)c2nc2ncnc(NC(=O)OC(C)(C)C)c12. The van der Waals surface area contributed by atoms with Crippen molar-refractivity contribution in [2.45, 2.75) is 53.1 Å². The van der Waals surface area contributed by atoms with Gasteiger partial charge >= 0.3 is 6.09 Å². The Hall–Kier alpha value is -2.97. The maximum atomic E-state index is 12.3. The molecule has 3 heterocycles. The fourth-order valence-electron chi connectivity index (χ4n) is 2.86. The van der Waals surface area contributed by atoms with Crippen LogP contribution in [0, 0.1) is 6.92 Å². The van der Waals surface area contributed by atoms with E-state index in [0.29, 0.717) is 16.9 Å². The Kier molecular flexibility index (Phi) is 5.35. The van der Waals surface area contributed by atoms with E-state index in [2.05, 4.69) is 37.5 Å². The summed E-state index contributed by atoms with van der Waals surface area (Å²) in [6.07, 6.45) is 2.86. The molecule has 0 aliphatic carbocycles. The molecule has 28 heavy (non-hydrogen) atoms. The maximum absolute atomic E-state index is 12.3. The van der Waals surface area contributed by atoms with Crippen molar-refractivity contribution in [1.82, 2.24) is 24.5 Å². The molecule has 0 aliphatic rings. The highest BCUT2D eigenvalue weighted by molar-refractivity contribution is 6.10. The van der Waals surface area contributed by atoms with Crippen molar-refractivity contribution in [3.63, 3.8) is 0 Å². The molecule has 0 atom stereocenters. The number of amides is 1. The van der Waals surface area contributed by atoms with Gasteiger partial charge in [-0.2, -0.15) is 0 Å². The third-order valence-electron chi connectivity index (χ3n) is 4.27. The minimum absolute atomic E-state index is 0.343. The summed E-state index contributed by atoms with van der Waals surface area (Å²) in [6, 6.07) is 0. The first-order chi connectivity index (χ1) is 13.2. The predicted molar refractivity (Wildman–Crippen MR) is 110 cm³/mol. The number of carbonyl (C=O) groups is 1. The Morgan fingerprint density at radius 1 is 1.25 bits per heavy atom. The van der Waals surface area contributed by atoms with Crippen LogP contribution in [0.15, 0.2) is 6.33 Å². The monoisotopic (exact) mass is 385 g/mol. The number of fused-ring (bicyclic) bond motifs is 2. The zero-order valence-corrected chi connectivity index (χ0v) is 17.3. The van der Waals surface area contributed by atoms with Crippen molar-refractivity contribution < 1.29 is 9.53 Å². The first-order valence-corrected chi connectivity index (χ1v) is 9.43. The molecule has 3 rings (SSSR count).